The molecule has 1 heterocycles. The molecule has 18 heavy (non-hydrogen) atoms. The van der Waals surface area contributed by atoms with Crippen LogP contribution in [0.25, 0.3) is 0 Å². The van der Waals surface area contributed by atoms with Gasteiger partial charge in [0.25, 0.3) is 0 Å². The van der Waals surface area contributed by atoms with Crippen LogP contribution in [0.15, 0.2) is 18.2 Å². The number of ether oxygens (including phenoxy) is 2. The zero-order chi connectivity index (χ0) is 13.1. The van der Waals surface area contributed by atoms with Crippen molar-refractivity contribution in [3.63, 3.8) is 0 Å². The summed E-state index contributed by atoms with van der Waals surface area (Å²) in [7, 11) is -1.43. The van der Waals surface area contributed by atoms with Crippen molar-refractivity contribution in [1.29, 1.82) is 0 Å². The van der Waals surface area contributed by atoms with E-state index in [1.807, 2.05) is 6.92 Å². The molecular weight excluding hydrogens is 231 g/mol. The first-order valence-corrected chi connectivity index (χ1v) is 6.31. The Balaban J connectivity index is 1.93. The highest BCUT2D eigenvalue weighted by Crippen LogP contribution is 2.21. The number of benzene rings is 1. The minimum Gasteiger partial charge on any atom is -0.491 e. The molecule has 1 aliphatic rings. The van der Waals surface area contributed by atoms with Crippen LogP contribution < -0.4 is 10.2 Å². The molecule has 0 spiro atoms. The fourth-order valence-electron chi connectivity index (χ4n) is 2.19. The number of hydrogen-bond donors (Lipinski definition) is 2. The van der Waals surface area contributed by atoms with Crippen LogP contribution in [-0.2, 0) is 4.74 Å². The summed E-state index contributed by atoms with van der Waals surface area (Å²) >= 11 is 0. The van der Waals surface area contributed by atoms with Crippen molar-refractivity contribution >= 4 is 12.6 Å². The van der Waals surface area contributed by atoms with Gasteiger partial charge >= 0.3 is 7.12 Å². The number of aryl methyl sites for hydroxylation is 1. The van der Waals surface area contributed by atoms with Gasteiger partial charge in [-0.25, -0.2) is 0 Å². The largest absolute Gasteiger partial charge is 0.491 e. The van der Waals surface area contributed by atoms with Gasteiger partial charge in [-0.2, -0.15) is 0 Å². The van der Waals surface area contributed by atoms with Crippen LogP contribution in [0.2, 0.25) is 0 Å². The third-order valence-electron chi connectivity index (χ3n) is 3.24. The average molecular weight is 250 g/mol. The molecule has 2 atom stereocenters. The van der Waals surface area contributed by atoms with Gasteiger partial charge in [0, 0.05) is 0 Å². The molecule has 0 amide bonds. The molecule has 0 radical (unpaired) electrons. The lowest BCUT2D eigenvalue weighted by Crippen LogP contribution is -2.30. The first-order valence-electron chi connectivity index (χ1n) is 6.31. The predicted octanol–water partition coefficient (Wildman–Crippen LogP) is 0.621. The lowest BCUT2D eigenvalue weighted by atomic mass is 9.79. The molecule has 1 aliphatic heterocycles. The SMILES string of the molecule is Cc1cc(B(O)O)ccc1OCC1CCC(C)O1. The third-order valence-corrected chi connectivity index (χ3v) is 3.24. The summed E-state index contributed by atoms with van der Waals surface area (Å²) in [5, 5.41) is 18.1. The standard InChI is InChI=1S/C13H19BO4/c1-9-7-11(14(15)16)4-6-13(9)17-8-12-5-3-10(2)18-12/h4,6-7,10,12,15-16H,3,5,8H2,1-2H3. The molecule has 2 rings (SSSR count). The van der Waals surface area contributed by atoms with Gasteiger partial charge < -0.3 is 19.5 Å². The van der Waals surface area contributed by atoms with Gasteiger partial charge in [-0.15, -0.1) is 0 Å². The second-order valence-corrected chi connectivity index (χ2v) is 4.86. The van der Waals surface area contributed by atoms with Crippen LogP contribution in [0.1, 0.15) is 25.3 Å². The van der Waals surface area contributed by atoms with E-state index in [-0.39, 0.29) is 6.10 Å². The molecular formula is C13H19BO4. The zero-order valence-electron chi connectivity index (χ0n) is 10.8. The maximum atomic E-state index is 9.07. The van der Waals surface area contributed by atoms with Crippen LogP contribution in [0.3, 0.4) is 0 Å². The van der Waals surface area contributed by atoms with Crippen LogP contribution in [0.4, 0.5) is 0 Å². The molecule has 0 aliphatic carbocycles. The molecule has 0 saturated carbocycles. The number of hydrogen-bond acceptors (Lipinski definition) is 4. The number of rotatable bonds is 4. The highest BCUT2D eigenvalue weighted by Gasteiger charge is 2.22. The topological polar surface area (TPSA) is 58.9 Å². The van der Waals surface area contributed by atoms with Crippen molar-refractivity contribution in [1.82, 2.24) is 0 Å². The fraction of sp³-hybridized carbons (Fsp3) is 0.538. The second-order valence-electron chi connectivity index (χ2n) is 4.86. The molecule has 2 N–H and O–H groups in total. The van der Waals surface area contributed by atoms with E-state index in [0.717, 1.165) is 24.2 Å². The summed E-state index contributed by atoms with van der Waals surface area (Å²) in [5.74, 6) is 0.766. The van der Waals surface area contributed by atoms with Crippen molar-refractivity contribution in [3.8, 4) is 5.75 Å². The molecule has 1 aromatic carbocycles. The lowest BCUT2D eigenvalue weighted by Gasteiger charge is -2.14. The second kappa shape index (κ2) is 5.74. The quantitative estimate of drug-likeness (QED) is 0.769. The van der Waals surface area contributed by atoms with Crippen LogP contribution in [-0.4, -0.2) is 36.0 Å². The smallest absolute Gasteiger partial charge is 0.488 e. The summed E-state index contributed by atoms with van der Waals surface area (Å²) in [6.45, 7) is 4.51. The minimum absolute atomic E-state index is 0.169. The molecule has 98 valence electrons. The summed E-state index contributed by atoms with van der Waals surface area (Å²) in [5.41, 5.74) is 1.37. The Labute approximate surface area is 108 Å². The van der Waals surface area contributed by atoms with Crippen molar-refractivity contribution in [3.05, 3.63) is 23.8 Å². The van der Waals surface area contributed by atoms with Crippen molar-refractivity contribution < 1.29 is 19.5 Å². The summed E-state index contributed by atoms with van der Waals surface area (Å²) < 4.78 is 11.4. The summed E-state index contributed by atoms with van der Waals surface area (Å²) in [4.78, 5) is 0. The Morgan fingerprint density at radius 1 is 1.39 bits per heavy atom. The fourth-order valence-corrected chi connectivity index (χ4v) is 2.19. The van der Waals surface area contributed by atoms with Crippen molar-refractivity contribution in [2.45, 2.75) is 38.9 Å². The van der Waals surface area contributed by atoms with Gasteiger partial charge in [-0.3, -0.25) is 0 Å². The Morgan fingerprint density at radius 3 is 2.72 bits per heavy atom. The van der Waals surface area contributed by atoms with Gasteiger partial charge in [-0.1, -0.05) is 12.1 Å². The maximum Gasteiger partial charge on any atom is 0.488 e. The van der Waals surface area contributed by atoms with Gasteiger partial charge in [0.15, 0.2) is 0 Å². The van der Waals surface area contributed by atoms with Crippen LogP contribution in [0.5, 0.6) is 5.75 Å². The summed E-state index contributed by atoms with van der Waals surface area (Å²) in [6.07, 6.45) is 2.62. The summed E-state index contributed by atoms with van der Waals surface area (Å²) in [6, 6.07) is 5.14. The molecule has 0 bridgehead atoms. The van der Waals surface area contributed by atoms with E-state index in [1.54, 1.807) is 18.2 Å². The predicted molar refractivity (Wildman–Crippen MR) is 70.1 cm³/mol. The van der Waals surface area contributed by atoms with E-state index in [4.69, 9.17) is 19.5 Å². The molecule has 5 heteroatoms. The zero-order valence-corrected chi connectivity index (χ0v) is 10.8. The maximum absolute atomic E-state index is 9.07. The van der Waals surface area contributed by atoms with Gasteiger partial charge in [0.1, 0.15) is 12.4 Å². The lowest BCUT2D eigenvalue weighted by molar-refractivity contribution is 0.0263. The van der Waals surface area contributed by atoms with E-state index < -0.39 is 7.12 Å². The Bertz CT molecular complexity index is 408. The average Bonchev–Trinajstić information content (AvgIpc) is 2.73. The molecule has 1 fully saturated rings. The van der Waals surface area contributed by atoms with Gasteiger partial charge in [-0.05, 0) is 43.8 Å². The minimum atomic E-state index is -1.43. The molecule has 1 saturated heterocycles. The van der Waals surface area contributed by atoms with Gasteiger partial charge in [0.05, 0.1) is 12.2 Å². The Morgan fingerprint density at radius 2 is 2.17 bits per heavy atom. The Hall–Kier alpha value is -1.04. The van der Waals surface area contributed by atoms with Gasteiger partial charge in [0.2, 0.25) is 0 Å². The van der Waals surface area contributed by atoms with E-state index in [0.29, 0.717) is 18.2 Å². The normalized spacial score (nSPS) is 23.1. The molecule has 2 unspecified atom stereocenters. The van der Waals surface area contributed by atoms with Crippen molar-refractivity contribution in [2.24, 2.45) is 0 Å². The molecule has 0 aromatic heterocycles. The molecule has 4 nitrogen and oxygen atoms in total. The van der Waals surface area contributed by atoms with E-state index in [9.17, 15) is 0 Å². The van der Waals surface area contributed by atoms with E-state index >= 15 is 0 Å². The van der Waals surface area contributed by atoms with E-state index in [1.165, 1.54) is 0 Å². The van der Waals surface area contributed by atoms with E-state index in [2.05, 4.69) is 6.92 Å². The molecule has 1 aromatic rings. The van der Waals surface area contributed by atoms with Crippen LogP contribution in [0, 0.1) is 6.92 Å². The highest BCUT2D eigenvalue weighted by molar-refractivity contribution is 6.58. The monoisotopic (exact) mass is 250 g/mol. The Kier molecular flexibility index (Phi) is 4.27. The van der Waals surface area contributed by atoms with Crippen molar-refractivity contribution in [2.75, 3.05) is 6.61 Å². The van der Waals surface area contributed by atoms with Crippen LogP contribution >= 0.6 is 0 Å². The first kappa shape index (κ1) is 13.4. The highest BCUT2D eigenvalue weighted by atomic mass is 16.5. The first-order chi connectivity index (χ1) is 8.56. The third kappa shape index (κ3) is 3.25.